The van der Waals surface area contributed by atoms with Crippen LogP contribution < -0.4 is 5.69 Å². The molecule has 2 rings (SSSR count). The van der Waals surface area contributed by atoms with Gasteiger partial charge in [0.1, 0.15) is 0 Å². The van der Waals surface area contributed by atoms with Crippen molar-refractivity contribution >= 4 is 27.7 Å². The molecule has 0 saturated heterocycles. The van der Waals surface area contributed by atoms with Gasteiger partial charge in [0.15, 0.2) is 0 Å². The molecule has 0 radical (unpaired) electrons. The van der Waals surface area contributed by atoms with Crippen molar-refractivity contribution in [3.05, 3.63) is 56.5 Å². The number of hydrogen-bond acceptors (Lipinski definition) is 3. The number of halogens is 1. The molecule has 0 atom stereocenters. The van der Waals surface area contributed by atoms with Crippen molar-refractivity contribution in [3.8, 4) is 0 Å². The highest BCUT2D eigenvalue weighted by Crippen LogP contribution is 2.23. The Morgan fingerprint density at radius 3 is 2.76 bits per heavy atom. The minimum Gasteiger partial charge on any atom is -0.300 e. The second kappa shape index (κ2) is 5.51. The molecule has 0 aliphatic rings. The topological polar surface area (TPSA) is 45.8 Å². The third-order valence-corrected chi connectivity index (χ3v) is 3.97. The Balaban J connectivity index is 2.09. The Hall–Kier alpha value is -1.07. The van der Waals surface area contributed by atoms with Crippen LogP contribution in [0.4, 0.5) is 0 Å². The molecule has 1 aromatic heterocycles. The number of aryl methyl sites for hydroxylation is 1. The highest BCUT2D eigenvalue weighted by Gasteiger charge is 2.01. The van der Waals surface area contributed by atoms with E-state index >= 15 is 0 Å². The number of H-pyrrole nitrogens is 1. The highest BCUT2D eigenvalue weighted by atomic mass is 79.9. The summed E-state index contributed by atoms with van der Waals surface area (Å²) in [6.45, 7) is 1.94. The molecule has 0 bridgehead atoms. The number of benzene rings is 1. The molecule has 1 N–H and O–H groups in total. The van der Waals surface area contributed by atoms with Crippen LogP contribution in [0, 0.1) is 6.92 Å². The lowest BCUT2D eigenvalue weighted by atomic mass is 10.2. The number of nitrogens with zero attached hydrogens (tertiary/aromatic N) is 1. The van der Waals surface area contributed by atoms with Crippen LogP contribution in [0.15, 0.2) is 44.8 Å². The first-order chi connectivity index (χ1) is 8.15. The van der Waals surface area contributed by atoms with E-state index in [2.05, 4.69) is 38.0 Å². The third kappa shape index (κ3) is 3.44. The first kappa shape index (κ1) is 12.4. The summed E-state index contributed by atoms with van der Waals surface area (Å²) in [6, 6.07) is 8.15. The lowest BCUT2D eigenvalue weighted by molar-refractivity contribution is 0.946. The molecule has 88 valence electrons. The van der Waals surface area contributed by atoms with Crippen molar-refractivity contribution in [3.63, 3.8) is 0 Å². The van der Waals surface area contributed by atoms with E-state index in [4.69, 9.17) is 0 Å². The van der Waals surface area contributed by atoms with Crippen LogP contribution in [0.1, 0.15) is 11.1 Å². The van der Waals surface area contributed by atoms with Crippen LogP contribution in [-0.4, -0.2) is 9.97 Å². The van der Waals surface area contributed by atoms with Crippen LogP contribution in [0.3, 0.4) is 0 Å². The molecular formula is C12H11BrN2OS. The van der Waals surface area contributed by atoms with Gasteiger partial charge in [-0.1, -0.05) is 28.1 Å². The Kier molecular flexibility index (Phi) is 4.02. The molecule has 3 nitrogen and oxygen atoms in total. The highest BCUT2D eigenvalue weighted by molar-refractivity contribution is 9.10. The lowest BCUT2D eigenvalue weighted by Gasteiger charge is -2.04. The molecule has 0 aliphatic carbocycles. The van der Waals surface area contributed by atoms with E-state index in [1.165, 1.54) is 5.56 Å². The monoisotopic (exact) mass is 310 g/mol. The van der Waals surface area contributed by atoms with Crippen molar-refractivity contribution in [2.75, 3.05) is 0 Å². The molecule has 0 fully saturated rings. The molecule has 5 heteroatoms. The normalized spacial score (nSPS) is 10.5. The van der Waals surface area contributed by atoms with Crippen molar-refractivity contribution in [1.82, 2.24) is 9.97 Å². The zero-order valence-electron chi connectivity index (χ0n) is 9.24. The number of aromatic nitrogens is 2. The van der Waals surface area contributed by atoms with Crippen LogP contribution in [0.5, 0.6) is 0 Å². The first-order valence-electron chi connectivity index (χ1n) is 5.08. The van der Waals surface area contributed by atoms with E-state index in [0.29, 0.717) is 0 Å². The molecule has 17 heavy (non-hydrogen) atoms. The number of nitrogens with one attached hydrogen (secondary N) is 1. The number of aromatic amines is 1. The Labute approximate surface area is 112 Å². The average Bonchev–Trinajstić information content (AvgIpc) is 2.32. The summed E-state index contributed by atoms with van der Waals surface area (Å²) in [6.07, 6.45) is 1.60. The quantitative estimate of drug-likeness (QED) is 0.700. The van der Waals surface area contributed by atoms with Crippen LogP contribution in [0.2, 0.25) is 0 Å². The first-order valence-corrected chi connectivity index (χ1v) is 6.86. The number of thioether (sulfide) groups is 1. The fourth-order valence-electron chi connectivity index (χ4n) is 1.33. The summed E-state index contributed by atoms with van der Waals surface area (Å²) in [7, 11) is 0. The van der Waals surface area contributed by atoms with Crippen molar-refractivity contribution in [1.29, 1.82) is 0 Å². The minimum atomic E-state index is -0.297. The van der Waals surface area contributed by atoms with E-state index in [1.54, 1.807) is 18.0 Å². The number of hydrogen-bond donors (Lipinski definition) is 1. The summed E-state index contributed by atoms with van der Waals surface area (Å²) in [5.41, 5.74) is 1.91. The summed E-state index contributed by atoms with van der Waals surface area (Å²) >= 11 is 5.01. The maximum atomic E-state index is 11.1. The van der Waals surface area contributed by atoms with Gasteiger partial charge in [-0.2, -0.15) is 0 Å². The van der Waals surface area contributed by atoms with Gasteiger partial charge < -0.3 is 4.98 Å². The van der Waals surface area contributed by atoms with E-state index < -0.39 is 0 Å². The molecule has 0 spiro atoms. The fraction of sp³-hybridized carbons (Fsp3) is 0.167. The lowest BCUT2D eigenvalue weighted by Crippen LogP contribution is -2.10. The van der Waals surface area contributed by atoms with E-state index in [0.717, 1.165) is 20.8 Å². The molecule has 1 heterocycles. The summed E-state index contributed by atoms with van der Waals surface area (Å²) in [4.78, 5) is 17.5. The largest absolute Gasteiger partial charge is 0.345 e. The molecule has 0 unspecified atom stereocenters. The Morgan fingerprint density at radius 2 is 2.06 bits per heavy atom. The molecule has 0 amide bonds. The van der Waals surface area contributed by atoms with Gasteiger partial charge >= 0.3 is 5.69 Å². The molecule has 0 saturated carbocycles. The zero-order chi connectivity index (χ0) is 12.3. The molecular weight excluding hydrogens is 300 g/mol. The van der Waals surface area contributed by atoms with E-state index in [1.807, 2.05) is 19.1 Å². The average molecular weight is 311 g/mol. The minimum absolute atomic E-state index is 0.297. The second-order valence-electron chi connectivity index (χ2n) is 3.62. The van der Waals surface area contributed by atoms with Gasteiger partial charge in [0, 0.05) is 16.4 Å². The van der Waals surface area contributed by atoms with Gasteiger partial charge in [0.05, 0.1) is 5.03 Å². The van der Waals surface area contributed by atoms with Gasteiger partial charge in [-0.05, 0) is 30.2 Å². The molecule has 1 aromatic carbocycles. The van der Waals surface area contributed by atoms with Gasteiger partial charge in [0.25, 0.3) is 0 Å². The van der Waals surface area contributed by atoms with Crippen LogP contribution in [0.25, 0.3) is 0 Å². The summed E-state index contributed by atoms with van der Waals surface area (Å²) < 4.78 is 1.07. The summed E-state index contributed by atoms with van der Waals surface area (Å²) in [5, 5.41) is 0.882. The fourth-order valence-corrected chi connectivity index (χ4v) is 2.54. The SMILES string of the molecule is Cc1cnc(=O)[nH]c1SCc1ccc(Br)cc1. The predicted octanol–water partition coefficient (Wildman–Crippen LogP) is 3.13. The van der Waals surface area contributed by atoms with Crippen LogP contribution >= 0.6 is 27.7 Å². The maximum Gasteiger partial charge on any atom is 0.345 e. The Bertz CT molecular complexity index is 565. The Morgan fingerprint density at radius 1 is 1.35 bits per heavy atom. The predicted molar refractivity (Wildman–Crippen MR) is 73.3 cm³/mol. The summed E-state index contributed by atoms with van der Waals surface area (Å²) in [5.74, 6) is 0.827. The molecule has 2 aromatic rings. The van der Waals surface area contributed by atoms with Gasteiger partial charge in [-0.15, -0.1) is 11.8 Å². The number of rotatable bonds is 3. The zero-order valence-corrected chi connectivity index (χ0v) is 11.6. The van der Waals surface area contributed by atoms with Crippen molar-refractivity contribution in [2.45, 2.75) is 17.7 Å². The maximum absolute atomic E-state index is 11.1. The van der Waals surface area contributed by atoms with Gasteiger partial charge in [0.2, 0.25) is 0 Å². The standard InChI is InChI=1S/C12H11BrN2OS/c1-8-6-14-12(16)15-11(8)17-7-9-2-4-10(13)5-3-9/h2-6H,7H2,1H3,(H,14,15,16). The smallest absolute Gasteiger partial charge is 0.300 e. The van der Waals surface area contributed by atoms with Crippen molar-refractivity contribution < 1.29 is 0 Å². The van der Waals surface area contributed by atoms with E-state index in [9.17, 15) is 4.79 Å². The second-order valence-corrected chi connectivity index (χ2v) is 5.52. The van der Waals surface area contributed by atoms with Crippen LogP contribution in [-0.2, 0) is 5.75 Å². The van der Waals surface area contributed by atoms with E-state index in [-0.39, 0.29) is 5.69 Å². The van der Waals surface area contributed by atoms with Gasteiger partial charge in [-0.25, -0.2) is 9.78 Å². The molecule has 0 aliphatic heterocycles. The van der Waals surface area contributed by atoms with Crippen molar-refractivity contribution in [2.24, 2.45) is 0 Å². The van der Waals surface area contributed by atoms with Gasteiger partial charge in [-0.3, -0.25) is 0 Å². The third-order valence-electron chi connectivity index (χ3n) is 2.25.